The Labute approximate surface area is 154 Å². The summed E-state index contributed by atoms with van der Waals surface area (Å²) < 4.78 is 12.2. The van der Waals surface area contributed by atoms with E-state index in [1.54, 1.807) is 0 Å². The molecule has 4 heteroatoms. The van der Waals surface area contributed by atoms with Crippen molar-refractivity contribution in [2.75, 3.05) is 0 Å². The molecule has 1 N–H and O–H groups in total. The number of hydrogen-bond donors (Lipinski definition) is 1. The van der Waals surface area contributed by atoms with Crippen molar-refractivity contribution in [1.29, 1.82) is 0 Å². The number of aryl methyl sites for hydroxylation is 1. The third-order valence-electron chi connectivity index (χ3n) is 6.23. The minimum absolute atomic E-state index is 0.118. The minimum Gasteiger partial charge on any atom is -0.487 e. The Kier molecular flexibility index (Phi) is 4.25. The first-order chi connectivity index (χ1) is 12.4. The highest BCUT2D eigenvalue weighted by molar-refractivity contribution is 5.86. The van der Waals surface area contributed by atoms with Crippen LogP contribution in [0, 0.1) is 5.92 Å². The van der Waals surface area contributed by atoms with Crippen molar-refractivity contribution >= 4 is 11.0 Å². The fourth-order valence-electron chi connectivity index (χ4n) is 4.86. The molecule has 0 amide bonds. The van der Waals surface area contributed by atoms with Crippen molar-refractivity contribution in [2.45, 2.75) is 77.7 Å². The zero-order valence-corrected chi connectivity index (χ0v) is 16.3. The van der Waals surface area contributed by atoms with E-state index >= 15 is 0 Å². The molecule has 2 atom stereocenters. The van der Waals surface area contributed by atoms with Crippen LogP contribution in [-0.2, 0) is 6.42 Å². The van der Waals surface area contributed by atoms with Crippen molar-refractivity contribution in [2.24, 2.45) is 5.92 Å². The zero-order chi connectivity index (χ0) is 18.5. The molecule has 0 saturated heterocycles. The first kappa shape index (κ1) is 17.4. The number of aromatic amines is 1. The van der Waals surface area contributed by atoms with Gasteiger partial charge in [0.2, 0.25) is 0 Å². The third kappa shape index (κ3) is 2.70. The molecular weight excluding hydrogens is 326 g/mol. The van der Waals surface area contributed by atoms with Gasteiger partial charge in [0.15, 0.2) is 5.58 Å². The molecule has 0 fully saturated rings. The molecule has 0 spiro atoms. The van der Waals surface area contributed by atoms with Crippen LogP contribution in [0.4, 0.5) is 0 Å². The van der Waals surface area contributed by atoms with Gasteiger partial charge in [0.1, 0.15) is 11.4 Å². The highest BCUT2D eigenvalue weighted by Crippen LogP contribution is 2.52. The lowest BCUT2D eigenvalue weighted by atomic mass is 9.68. The van der Waals surface area contributed by atoms with E-state index in [2.05, 4.69) is 45.0 Å². The van der Waals surface area contributed by atoms with Gasteiger partial charge in [-0.05, 0) is 58.1 Å². The number of aromatic nitrogens is 1. The van der Waals surface area contributed by atoms with Gasteiger partial charge < -0.3 is 9.26 Å². The van der Waals surface area contributed by atoms with Gasteiger partial charge in [-0.3, -0.25) is 4.79 Å². The summed E-state index contributed by atoms with van der Waals surface area (Å²) in [5, 5.41) is 3.30. The van der Waals surface area contributed by atoms with Crippen LogP contribution in [0.2, 0.25) is 0 Å². The summed E-state index contributed by atoms with van der Waals surface area (Å²) in [7, 11) is 0. The molecule has 2 aliphatic rings. The number of benzene rings is 1. The quantitative estimate of drug-likeness (QED) is 0.585. The molecule has 1 aliphatic carbocycles. The summed E-state index contributed by atoms with van der Waals surface area (Å²) in [5.74, 6) is 1.53. The zero-order valence-electron chi connectivity index (χ0n) is 16.3. The van der Waals surface area contributed by atoms with Crippen LogP contribution in [0.1, 0.15) is 76.8 Å². The van der Waals surface area contributed by atoms with E-state index < -0.39 is 0 Å². The van der Waals surface area contributed by atoms with E-state index in [1.807, 2.05) is 0 Å². The molecule has 0 unspecified atom stereocenters. The first-order valence-electron chi connectivity index (χ1n) is 9.95. The fraction of sp³-hybridized carbons (Fsp3) is 0.591. The number of fused-ring (bicyclic) bond motifs is 5. The molecule has 0 saturated carbocycles. The average molecular weight is 355 g/mol. The second kappa shape index (κ2) is 6.33. The number of ether oxygens (including phenoxy) is 1. The Morgan fingerprint density at radius 1 is 1.31 bits per heavy atom. The second-order valence-electron chi connectivity index (χ2n) is 8.53. The molecule has 1 aliphatic heterocycles. The average Bonchev–Trinajstić information content (AvgIpc) is 2.96. The molecule has 4 rings (SSSR count). The van der Waals surface area contributed by atoms with E-state index in [0.29, 0.717) is 11.5 Å². The first-order valence-corrected chi connectivity index (χ1v) is 9.95. The van der Waals surface area contributed by atoms with Gasteiger partial charge in [-0.25, -0.2) is 0 Å². The topological polar surface area (TPSA) is 55.2 Å². The van der Waals surface area contributed by atoms with Crippen LogP contribution in [0.15, 0.2) is 27.0 Å². The number of allylic oxidation sites excluding steroid dienone is 2. The maximum Gasteiger partial charge on any atom is 0.288 e. The molecule has 2 heterocycles. The lowest BCUT2D eigenvalue weighted by Gasteiger charge is -2.46. The molecule has 1 aromatic carbocycles. The van der Waals surface area contributed by atoms with Crippen LogP contribution in [0.5, 0.6) is 5.75 Å². The van der Waals surface area contributed by atoms with Crippen LogP contribution in [0.25, 0.3) is 11.0 Å². The lowest BCUT2D eigenvalue weighted by Crippen LogP contribution is -2.45. The number of unbranched alkanes of at least 4 members (excludes halogenated alkanes) is 2. The number of nitrogens with one attached hydrogen (secondary N) is 1. The van der Waals surface area contributed by atoms with Crippen molar-refractivity contribution in [3.63, 3.8) is 0 Å². The summed E-state index contributed by atoms with van der Waals surface area (Å²) in [6.45, 7) is 8.77. The number of hydrogen-bond acceptors (Lipinski definition) is 3. The Balaban J connectivity index is 1.92. The van der Waals surface area contributed by atoms with Gasteiger partial charge in [0, 0.05) is 17.4 Å². The lowest BCUT2D eigenvalue weighted by molar-refractivity contribution is 0.0118. The summed E-state index contributed by atoms with van der Waals surface area (Å²) in [4.78, 5) is 12.5. The van der Waals surface area contributed by atoms with Crippen LogP contribution < -0.4 is 10.3 Å². The molecular formula is C22H29NO3. The monoisotopic (exact) mass is 355 g/mol. The summed E-state index contributed by atoms with van der Waals surface area (Å²) in [5.41, 5.74) is 3.88. The maximum absolute atomic E-state index is 12.5. The second-order valence-corrected chi connectivity index (χ2v) is 8.53. The highest BCUT2D eigenvalue weighted by atomic mass is 16.5. The van der Waals surface area contributed by atoms with Crippen molar-refractivity contribution in [3.8, 4) is 5.75 Å². The van der Waals surface area contributed by atoms with E-state index in [1.165, 1.54) is 5.57 Å². The Hall–Kier alpha value is -1.97. The molecule has 0 radical (unpaired) electrons. The Bertz CT molecular complexity index is 915. The molecule has 26 heavy (non-hydrogen) atoms. The third-order valence-corrected chi connectivity index (χ3v) is 6.23. The largest absolute Gasteiger partial charge is 0.487 e. The SMILES string of the molecule is CCCCCc1cc2c(c3o[nH]c(=O)c13)[C@@H]1C=C(C)CC[C@H]1C(C)(C)O2. The minimum atomic E-state index is -0.222. The Morgan fingerprint density at radius 2 is 2.12 bits per heavy atom. The molecule has 1 aromatic heterocycles. The van der Waals surface area contributed by atoms with Gasteiger partial charge in [0.05, 0.1) is 5.39 Å². The highest BCUT2D eigenvalue weighted by Gasteiger charge is 2.45. The predicted octanol–water partition coefficient (Wildman–Crippen LogP) is 5.46. The van der Waals surface area contributed by atoms with Crippen LogP contribution in [0.3, 0.4) is 0 Å². The summed E-state index contributed by atoms with van der Waals surface area (Å²) >= 11 is 0. The van der Waals surface area contributed by atoms with Crippen molar-refractivity contribution in [3.05, 3.63) is 39.2 Å². The van der Waals surface area contributed by atoms with Gasteiger partial charge >= 0.3 is 0 Å². The molecule has 0 bridgehead atoms. The van der Waals surface area contributed by atoms with Gasteiger partial charge in [0.25, 0.3) is 5.56 Å². The van der Waals surface area contributed by atoms with Crippen LogP contribution in [-0.4, -0.2) is 10.8 Å². The van der Waals surface area contributed by atoms with Gasteiger partial charge in [-0.15, -0.1) is 0 Å². The van der Waals surface area contributed by atoms with Gasteiger partial charge in [-0.1, -0.05) is 31.4 Å². The predicted molar refractivity (Wildman–Crippen MR) is 104 cm³/mol. The number of H-pyrrole nitrogens is 1. The van der Waals surface area contributed by atoms with Crippen molar-refractivity contribution in [1.82, 2.24) is 5.16 Å². The standard InChI is InChI=1S/C22H29NO3/c1-5-6-7-8-14-12-17-19(20-18(14)21(24)23-26-20)15-11-13(2)9-10-16(15)22(3,4)25-17/h11-12,15-16H,5-10H2,1-4H3,(H,23,24)/t15-,16-/m1/s1. The fourth-order valence-corrected chi connectivity index (χ4v) is 4.86. The Morgan fingerprint density at radius 3 is 2.88 bits per heavy atom. The maximum atomic E-state index is 12.5. The summed E-state index contributed by atoms with van der Waals surface area (Å²) in [6.07, 6.45) is 8.85. The number of rotatable bonds is 4. The summed E-state index contributed by atoms with van der Waals surface area (Å²) in [6, 6.07) is 2.10. The normalized spacial score (nSPS) is 23.9. The van der Waals surface area contributed by atoms with E-state index in [4.69, 9.17) is 9.26 Å². The van der Waals surface area contributed by atoms with E-state index in [-0.39, 0.29) is 17.1 Å². The molecule has 4 nitrogen and oxygen atoms in total. The molecule has 2 aromatic rings. The van der Waals surface area contributed by atoms with E-state index in [9.17, 15) is 4.79 Å². The smallest absolute Gasteiger partial charge is 0.288 e. The van der Waals surface area contributed by atoms with E-state index in [0.717, 1.165) is 60.8 Å². The molecule has 140 valence electrons. The van der Waals surface area contributed by atoms with Crippen LogP contribution >= 0.6 is 0 Å². The van der Waals surface area contributed by atoms with Crippen molar-refractivity contribution < 1.29 is 9.26 Å². The van der Waals surface area contributed by atoms with Gasteiger partial charge in [-0.2, -0.15) is 5.16 Å².